The largest absolute Gasteiger partial charge is 0.338 e. The van der Waals surface area contributed by atoms with E-state index in [2.05, 4.69) is 39.9 Å². The van der Waals surface area contributed by atoms with Crippen LogP contribution in [0, 0.1) is 0 Å². The standard InChI is InChI=1S/C19H38N4O3S/c1-2-3-13-16-20-19(24)21-17-14-11-9-7-5-4-6-8-10-12-15-18-22-26-27(25)23-18/h5,7,18,22-23H,2-4,6,8-17H2,1H3,(H2,20,21,24)/b7-5-. The fourth-order valence-corrected chi connectivity index (χ4v) is 3.46. The molecule has 0 aromatic carbocycles. The number of rotatable bonds is 16. The van der Waals surface area contributed by atoms with Gasteiger partial charge in [0.15, 0.2) is 0 Å². The van der Waals surface area contributed by atoms with Crippen molar-refractivity contribution in [1.29, 1.82) is 0 Å². The second kappa shape index (κ2) is 17.2. The number of amides is 2. The van der Waals surface area contributed by atoms with Crippen LogP contribution in [-0.2, 0) is 15.6 Å². The third-order valence-corrected chi connectivity index (χ3v) is 5.16. The molecule has 2 amide bonds. The maximum absolute atomic E-state index is 11.5. The van der Waals surface area contributed by atoms with E-state index in [-0.39, 0.29) is 12.2 Å². The molecule has 1 fully saturated rings. The van der Waals surface area contributed by atoms with E-state index in [1.54, 1.807) is 0 Å². The molecule has 0 saturated carbocycles. The van der Waals surface area contributed by atoms with Crippen LogP contribution in [0.15, 0.2) is 12.2 Å². The summed E-state index contributed by atoms with van der Waals surface area (Å²) in [6.07, 6.45) is 17.9. The molecule has 2 unspecified atom stereocenters. The minimum atomic E-state index is -1.37. The first-order chi connectivity index (χ1) is 13.2. The Morgan fingerprint density at radius 3 is 2.22 bits per heavy atom. The Morgan fingerprint density at radius 1 is 0.963 bits per heavy atom. The number of hydrogen-bond donors (Lipinski definition) is 4. The highest BCUT2D eigenvalue weighted by Crippen LogP contribution is 2.09. The third kappa shape index (κ3) is 14.7. The predicted octanol–water partition coefficient (Wildman–Crippen LogP) is 3.57. The van der Waals surface area contributed by atoms with E-state index in [1.165, 1.54) is 32.1 Å². The Morgan fingerprint density at radius 2 is 1.59 bits per heavy atom. The number of allylic oxidation sites excluding steroid dienone is 2. The molecule has 1 heterocycles. The van der Waals surface area contributed by atoms with Crippen LogP contribution >= 0.6 is 0 Å². The molecule has 0 aromatic rings. The Labute approximate surface area is 167 Å². The Hall–Kier alpha value is -0.960. The van der Waals surface area contributed by atoms with Crippen molar-refractivity contribution in [2.45, 2.75) is 90.1 Å². The zero-order valence-corrected chi connectivity index (χ0v) is 17.6. The van der Waals surface area contributed by atoms with Gasteiger partial charge in [-0.2, -0.15) is 14.5 Å². The average molecular weight is 403 g/mol. The van der Waals surface area contributed by atoms with Crippen LogP contribution in [0.4, 0.5) is 4.79 Å². The van der Waals surface area contributed by atoms with Crippen molar-refractivity contribution < 1.29 is 13.3 Å². The van der Waals surface area contributed by atoms with Gasteiger partial charge in [-0.15, -0.1) is 0 Å². The van der Waals surface area contributed by atoms with Crippen molar-refractivity contribution in [1.82, 2.24) is 20.8 Å². The van der Waals surface area contributed by atoms with Crippen LogP contribution in [0.1, 0.15) is 84.0 Å². The lowest BCUT2D eigenvalue weighted by atomic mass is 10.1. The van der Waals surface area contributed by atoms with E-state index in [4.69, 9.17) is 4.28 Å². The molecule has 2 atom stereocenters. The molecule has 0 radical (unpaired) electrons. The molecule has 1 rings (SSSR count). The third-order valence-electron chi connectivity index (χ3n) is 4.43. The average Bonchev–Trinajstić information content (AvgIpc) is 3.08. The van der Waals surface area contributed by atoms with Crippen LogP contribution in [0.5, 0.6) is 0 Å². The summed E-state index contributed by atoms with van der Waals surface area (Å²) >= 11 is -1.37. The number of carbonyl (C=O) groups is 1. The van der Waals surface area contributed by atoms with Gasteiger partial charge < -0.3 is 10.6 Å². The van der Waals surface area contributed by atoms with Gasteiger partial charge in [-0.05, 0) is 44.9 Å². The molecule has 0 bridgehead atoms. The predicted molar refractivity (Wildman–Crippen MR) is 111 cm³/mol. The molecule has 1 aliphatic heterocycles. The van der Waals surface area contributed by atoms with Crippen molar-refractivity contribution in [3.05, 3.63) is 12.2 Å². The molecule has 0 spiro atoms. The zero-order valence-electron chi connectivity index (χ0n) is 16.8. The Bertz CT molecular complexity index is 435. The van der Waals surface area contributed by atoms with Gasteiger partial charge in [0.25, 0.3) is 11.3 Å². The monoisotopic (exact) mass is 402 g/mol. The lowest BCUT2D eigenvalue weighted by Gasteiger charge is -2.06. The van der Waals surface area contributed by atoms with Crippen molar-refractivity contribution in [2.75, 3.05) is 13.1 Å². The van der Waals surface area contributed by atoms with Crippen LogP contribution < -0.4 is 20.8 Å². The molecule has 1 aliphatic rings. The van der Waals surface area contributed by atoms with Gasteiger partial charge in [0, 0.05) is 13.1 Å². The van der Waals surface area contributed by atoms with E-state index in [0.29, 0.717) is 0 Å². The summed E-state index contributed by atoms with van der Waals surface area (Å²) in [7, 11) is 0. The number of nitrogens with one attached hydrogen (secondary N) is 4. The highest BCUT2D eigenvalue weighted by Gasteiger charge is 2.19. The van der Waals surface area contributed by atoms with Crippen LogP contribution in [0.3, 0.4) is 0 Å². The molecule has 7 nitrogen and oxygen atoms in total. The smallest absolute Gasteiger partial charge is 0.314 e. The van der Waals surface area contributed by atoms with Crippen LogP contribution in [0.25, 0.3) is 0 Å². The van der Waals surface area contributed by atoms with Gasteiger partial charge >= 0.3 is 6.03 Å². The maximum Gasteiger partial charge on any atom is 0.314 e. The van der Waals surface area contributed by atoms with Crippen LogP contribution in [0.2, 0.25) is 0 Å². The number of hydroxylamine groups is 1. The number of unbranched alkanes of at least 4 members (excludes halogenated alkanes) is 8. The SMILES string of the molecule is CCCCCNC(=O)NCCCC/C=C\CCCCCCC1NOS(=O)N1. The van der Waals surface area contributed by atoms with Crippen LogP contribution in [-0.4, -0.2) is 29.5 Å². The molecule has 8 heteroatoms. The molecule has 158 valence electrons. The summed E-state index contributed by atoms with van der Waals surface area (Å²) in [6.45, 7) is 3.67. The highest BCUT2D eigenvalue weighted by molar-refractivity contribution is 7.78. The van der Waals surface area contributed by atoms with Crippen molar-refractivity contribution in [3.8, 4) is 0 Å². The Balaban J connectivity index is 1.77. The maximum atomic E-state index is 11.5. The first kappa shape index (κ1) is 24.1. The van der Waals surface area contributed by atoms with E-state index in [1.807, 2.05) is 0 Å². The summed E-state index contributed by atoms with van der Waals surface area (Å²) in [6, 6.07) is -0.0399. The molecule has 4 N–H and O–H groups in total. The molecular weight excluding hydrogens is 364 g/mol. The van der Waals surface area contributed by atoms with E-state index < -0.39 is 11.3 Å². The number of carbonyl (C=O) groups excluding carboxylic acids is 1. The fraction of sp³-hybridized carbons (Fsp3) is 0.842. The minimum Gasteiger partial charge on any atom is -0.338 e. The molecule has 0 aliphatic carbocycles. The van der Waals surface area contributed by atoms with Gasteiger partial charge in [0.1, 0.15) is 0 Å². The second-order valence-electron chi connectivity index (χ2n) is 6.95. The van der Waals surface area contributed by atoms with Gasteiger partial charge in [-0.1, -0.05) is 51.2 Å². The second-order valence-corrected chi connectivity index (χ2v) is 7.83. The summed E-state index contributed by atoms with van der Waals surface area (Å²) in [4.78, 5) is 11.5. The van der Waals surface area contributed by atoms with E-state index in [0.717, 1.165) is 58.0 Å². The summed E-state index contributed by atoms with van der Waals surface area (Å²) in [5, 5.41) is 5.79. The summed E-state index contributed by atoms with van der Waals surface area (Å²) in [5.74, 6) is 0. The first-order valence-corrected chi connectivity index (χ1v) is 11.6. The molecule has 27 heavy (non-hydrogen) atoms. The van der Waals surface area contributed by atoms with Gasteiger partial charge in [0.05, 0.1) is 6.17 Å². The minimum absolute atomic E-state index is 0.0207. The van der Waals surface area contributed by atoms with Gasteiger partial charge in [0.2, 0.25) is 0 Å². The quantitative estimate of drug-likeness (QED) is 0.235. The highest BCUT2D eigenvalue weighted by atomic mass is 32.2. The van der Waals surface area contributed by atoms with Gasteiger partial charge in [-0.25, -0.2) is 9.00 Å². The zero-order chi connectivity index (χ0) is 19.6. The lowest BCUT2D eigenvalue weighted by Crippen LogP contribution is -2.36. The van der Waals surface area contributed by atoms with Crippen molar-refractivity contribution in [3.63, 3.8) is 0 Å². The Kier molecular flexibility index (Phi) is 15.3. The molecule has 1 saturated heterocycles. The van der Waals surface area contributed by atoms with Crippen molar-refractivity contribution in [2.24, 2.45) is 0 Å². The number of urea groups is 1. The number of hydrogen-bond acceptors (Lipinski definition) is 4. The molecular formula is C19H38N4O3S. The first-order valence-electron chi connectivity index (χ1n) is 10.5. The normalized spacial score (nSPS) is 19.6. The summed E-state index contributed by atoms with van der Waals surface area (Å²) < 4.78 is 18.5. The summed E-state index contributed by atoms with van der Waals surface area (Å²) in [5.41, 5.74) is 2.72. The van der Waals surface area contributed by atoms with E-state index >= 15 is 0 Å². The topological polar surface area (TPSA) is 91.5 Å². The van der Waals surface area contributed by atoms with Gasteiger partial charge in [-0.3, -0.25) is 0 Å². The fourth-order valence-electron chi connectivity index (χ4n) is 2.81. The van der Waals surface area contributed by atoms with E-state index in [9.17, 15) is 9.00 Å². The molecule has 0 aromatic heterocycles. The lowest BCUT2D eigenvalue weighted by molar-refractivity contribution is 0.205. The van der Waals surface area contributed by atoms with Crippen molar-refractivity contribution >= 4 is 17.3 Å².